The number of methoxy groups -OCH3 is 1. The molecule has 0 bridgehead atoms. The van der Waals surface area contributed by atoms with Gasteiger partial charge >= 0.3 is 0 Å². The highest BCUT2D eigenvalue weighted by Crippen LogP contribution is 2.30. The Balaban J connectivity index is 1.71. The van der Waals surface area contributed by atoms with E-state index in [4.69, 9.17) is 9.15 Å². The number of aromatic nitrogens is 1. The molecule has 1 aromatic heterocycles. The van der Waals surface area contributed by atoms with Crippen LogP contribution in [-0.2, 0) is 14.8 Å². The van der Waals surface area contributed by atoms with Crippen LogP contribution >= 0.6 is 11.8 Å². The van der Waals surface area contributed by atoms with E-state index in [-0.39, 0.29) is 11.4 Å². The second kappa shape index (κ2) is 7.49. The Morgan fingerprint density at radius 3 is 2.52 bits per heavy atom. The summed E-state index contributed by atoms with van der Waals surface area (Å²) in [7, 11) is -1.93. The molecule has 0 amide bonds. The molecule has 8 heteroatoms. The minimum atomic E-state index is -3.58. The van der Waals surface area contributed by atoms with E-state index in [1.807, 2.05) is 11.8 Å². The van der Waals surface area contributed by atoms with Gasteiger partial charge in [-0.25, -0.2) is 18.1 Å². The van der Waals surface area contributed by atoms with Crippen LogP contribution in [-0.4, -0.2) is 44.2 Å². The maximum Gasteiger partial charge on any atom is 0.240 e. The van der Waals surface area contributed by atoms with Crippen molar-refractivity contribution >= 4 is 21.8 Å². The number of oxazole rings is 1. The molecule has 1 fully saturated rings. The standard InChI is InChI=1S/C17H22N2O4S2/c1-13-19-16(11-23-13)14-3-5-15(6-4-14)25(20,21)18-12-17(22-2)7-9-24-10-8-17/h3-6,11,18H,7-10,12H2,1-2H3. The van der Waals surface area contributed by atoms with Gasteiger partial charge in [-0.2, -0.15) is 11.8 Å². The number of hydrogen-bond acceptors (Lipinski definition) is 6. The summed E-state index contributed by atoms with van der Waals surface area (Å²) in [5.41, 5.74) is 1.09. The molecule has 3 rings (SSSR count). The molecule has 1 saturated heterocycles. The molecular formula is C17H22N2O4S2. The number of thioether (sulfide) groups is 1. The Morgan fingerprint density at radius 2 is 1.96 bits per heavy atom. The van der Waals surface area contributed by atoms with Crippen LogP contribution in [0, 0.1) is 6.92 Å². The predicted octanol–water partition coefficient (Wildman–Crippen LogP) is 2.84. The number of sulfonamides is 1. The summed E-state index contributed by atoms with van der Waals surface area (Å²) < 4.78 is 38.7. The smallest absolute Gasteiger partial charge is 0.240 e. The summed E-state index contributed by atoms with van der Waals surface area (Å²) in [6, 6.07) is 6.63. The van der Waals surface area contributed by atoms with Crippen LogP contribution in [0.2, 0.25) is 0 Å². The van der Waals surface area contributed by atoms with Gasteiger partial charge in [0.1, 0.15) is 12.0 Å². The monoisotopic (exact) mass is 382 g/mol. The highest BCUT2D eigenvalue weighted by molar-refractivity contribution is 7.99. The van der Waals surface area contributed by atoms with Crippen molar-refractivity contribution in [2.24, 2.45) is 0 Å². The van der Waals surface area contributed by atoms with Gasteiger partial charge in [-0.05, 0) is 36.5 Å². The number of nitrogens with one attached hydrogen (secondary N) is 1. The lowest BCUT2D eigenvalue weighted by atomic mass is 9.97. The maximum atomic E-state index is 12.6. The lowest BCUT2D eigenvalue weighted by Crippen LogP contribution is -2.46. The predicted molar refractivity (Wildman–Crippen MR) is 98.2 cm³/mol. The summed E-state index contributed by atoms with van der Waals surface area (Å²) >= 11 is 1.87. The molecule has 0 unspecified atom stereocenters. The van der Waals surface area contributed by atoms with E-state index in [1.165, 1.54) is 0 Å². The number of benzene rings is 1. The molecule has 25 heavy (non-hydrogen) atoms. The molecule has 0 spiro atoms. The first-order chi connectivity index (χ1) is 11.9. The molecule has 2 heterocycles. The number of nitrogens with zero attached hydrogens (tertiary/aromatic N) is 1. The highest BCUT2D eigenvalue weighted by Gasteiger charge is 2.33. The van der Waals surface area contributed by atoms with Gasteiger partial charge in [0.25, 0.3) is 0 Å². The van der Waals surface area contributed by atoms with Crippen molar-refractivity contribution in [2.75, 3.05) is 25.2 Å². The van der Waals surface area contributed by atoms with E-state index in [1.54, 1.807) is 44.6 Å². The van der Waals surface area contributed by atoms with Crippen molar-refractivity contribution in [3.63, 3.8) is 0 Å². The van der Waals surface area contributed by atoms with Crippen LogP contribution in [0.15, 0.2) is 39.8 Å². The zero-order valence-corrected chi connectivity index (χ0v) is 16.0. The van der Waals surface area contributed by atoms with E-state index in [0.29, 0.717) is 11.6 Å². The molecule has 0 saturated carbocycles. The first-order valence-corrected chi connectivity index (χ1v) is 10.7. The van der Waals surface area contributed by atoms with Gasteiger partial charge in [0.05, 0.1) is 10.5 Å². The number of ether oxygens (including phenoxy) is 1. The average Bonchev–Trinajstić information content (AvgIpc) is 3.07. The van der Waals surface area contributed by atoms with Crippen molar-refractivity contribution in [1.82, 2.24) is 9.71 Å². The Labute approximate surface area is 152 Å². The third-order valence-corrected chi connectivity index (χ3v) is 6.90. The fraction of sp³-hybridized carbons (Fsp3) is 0.471. The largest absolute Gasteiger partial charge is 0.449 e. The Morgan fingerprint density at radius 1 is 1.28 bits per heavy atom. The lowest BCUT2D eigenvalue weighted by molar-refractivity contribution is -0.0119. The first-order valence-electron chi connectivity index (χ1n) is 8.09. The molecule has 1 aliphatic rings. The van der Waals surface area contributed by atoms with Crippen molar-refractivity contribution in [1.29, 1.82) is 0 Å². The van der Waals surface area contributed by atoms with Gasteiger partial charge in [0.2, 0.25) is 10.0 Å². The van der Waals surface area contributed by atoms with E-state index < -0.39 is 15.6 Å². The van der Waals surface area contributed by atoms with Crippen molar-refractivity contribution in [2.45, 2.75) is 30.3 Å². The molecule has 6 nitrogen and oxygen atoms in total. The van der Waals surface area contributed by atoms with Gasteiger partial charge in [-0.1, -0.05) is 12.1 Å². The Kier molecular flexibility index (Phi) is 5.52. The summed E-state index contributed by atoms with van der Waals surface area (Å²) in [6.07, 6.45) is 3.25. The molecule has 0 radical (unpaired) electrons. The molecule has 0 atom stereocenters. The molecule has 2 aromatic rings. The maximum absolute atomic E-state index is 12.6. The second-order valence-corrected chi connectivity index (χ2v) is 9.09. The van der Waals surface area contributed by atoms with Gasteiger partial charge in [-0.3, -0.25) is 0 Å². The van der Waals surface area contributed by atoms with E-state index >= 15 is 0 Å². The first kappa shape index (κ1) is 18.4. The molecule has 1 N–H and O–H groups in total. The summed E-state index contributed by atoms with van der Waals surface area (Å²) in [4.78, 5) is 4.47. The van der Waals surface area contributed by atoms with Gasteiger partial charge in [0.15, 0.2) is 5.89 Å². The average molecular weight is 383 g/mol. The van der Waals surface area contributed by atoms with E-state index in [9.17, 15) is 8.42 Å². The fourth-order valence-electron chi connectivity index (χ4n) is 2.81. The molecule has 136 valence electrons. The van der Waals surface area contributed by atoms with Gasteiger partial charge in [0, 0.05) is 26.1 Å². The molecular weight excluding hydrogens is 360 g/mol. The molecule has 1 aromatic carbocycles. The summed E-state index contributed by atoms with van der Waals surface area (Å²) in [6.45, 7) is 2.05. The van der Waals surface area contributed by atoms with Crippen molar-refractivity contribution in [3.8, 4) is 11.3 Å². The minimum absolute atomic E-state index is 0.230. The number of hydrogen-bond donors (Lipinski definition) is 1. The summed E-state index contributed by atoms with van der Waals surface area (Å²) in [5, 5.41) is 0. The Bertz CT molecular complexity index is 809. The Hall–Kier alpha value is -1.35. The molecule has 0 aliphatic carbocycles. The van der Waals surface area contributed by atoms with E-state index in [0.717, 1.165) is 29.9 Å². The van der Waals surface area contributed by atoms with Crippen molar-refractivity contribution in [3.05, 3.63) is 36.4 Å². The second-order valence-electron chi connectivity index (χ2n) is 6.10. The topological polar surface area (TPSA) is 81.4 Å². The normalized spacial score (nSPS) is 17.5. The zero-order valence-electron chi connectivity index (χ0n) is 14.3. The fourth-order valence-corrected chi connectivity index (χ4v) is 5.16. The van der Waals surface area contributed by atoms with Gasteiger partial charge < -0.3 is 9.15 Å². The van der Waals surface area contributed by atoms with Crippen LogP contribution in [0.4, 0.5) is 0 Å². The van der Waals surface area contributed by atoms with Crippen LogP contribution in [0.5, 0.6) is 0 Å². The van der Waals surface area contributed by atoms with Crippen LogP contribution in [0.25, 0.3) is 11.3 Å². The highest BCUT2D eigenvalue weighted by atomic mass is 32.2. The van der Waals surface area contributed by atoms with Crippen LogP contribution in [0.3, 0.4) is 0 Å². The van der Waals surface area contributed by atoms with Gasteiger partial charge in [-0.15, -0.1) is 0 Å². The van der Waals surface area contributed by atoms with Crippen LogP contribution in [0.1, 0.15) is 18.7 Å². The lowest BCUT2D eigenvalue weighted by Gasteiger charge is -2.35. The minimum Gasteiger partial charge on any atom is -0.449 e. The third kappa shape index (κ3) is 4.25. The molecule has 1 aliphatic heterocycles. The zero-order chi connectivity index (χ0) is 17.9. The van der Waals surface area contributed by atoms with E-state index in [2.05, 4.69) is 9.71 Å². The third-order valence-electron chi connectivity index (χ3n) is 4.50. The van der Waals surface area contributed by atoms with Crippen molar-refractivity contribution < 1.29 is 17.6 Å². The quantitative estimate of drug-likeness (QED) is 0.827. The summed E-state index contributed by atoms with van der Waals surface area (Å²) in [5.74, 6) is 2.55. The number of rotatable bonds is 6. The SMILES string of the molecule is COC1(CNS(=O)(=O)c2ccc(-c3coc(C)n3)cc2)CCSCC1. The van der Waals surface area contributed by atoms with Crippen LogP contribution < -0.4 is 4.72 Å². The number of aryl methyl sites for hydroxylation is 1.